The number of aliphatic hydroxyl groups is 1. The van der Waals surface area contributed by atoms with E-state index in [-0.39, 0.29) is 18.2 Å². The van der Waals surface area contributed by atoms with Crippen LogP contribution in [0.4, 0.5) is 0 Å². The van der Waals surface area contributed by atoms with E-state index < -0.39 is 0 Å². The van der Waals surface area contributed by atoms with Crippen LogP contribution in [0.25, 0.3) is 11.0 Å². The number of hydrogen-bond acceptors (Lipinski definition) is 4. The maximum Gasteiger partial charge on any atom is 0.262 e. The first-order valence-electron chi connectivity index (χ1n) is 8.62. The van der Waals surface area contributed by atoms with Crippen molar-refractivity contribution in [2.45, 2.75) is 51.7 Å². The van der Waals surface area contributed by atoms with Crippen LogP contribution in [0.3, 0.4) is 0 Å². The highest BCUT2D eigenvalue weighted by atomic mass is 16.3. The normalized spacial score (nSPS) is 17.0. The van der Waals surface area contributed by atoms with E-state index in [1.165, 1.54) is 18.4 Å². The molecule has 4 rings (SSSR count). The Hall–Kier alpha value is -2.47. The van der Waals surface area contributed by atoms with Crippen molar-refractivity contribution in [1.29, 1.82) is 0 Å². The SMILES string of the molecule is Cc1nc2c(c(CO)nn2[C@@H](C)c2ccc(C3(C)CC3)cc2)c(=O)[nH]1. The molecule has 2 aromatic heterocycles. The van der Waals surface area contributed by atoms with Crippen molar-refractivity contribution in [1.82, 2.24) is 19.7 Å². The first kappa shape index (κ1) is 16.0. The van der Waals surface area contributed by atoms with E-state index in [0.717, 1.165) is 5.56 Å². The number of rotatable bonds is 4. The molecule has 1 fully saturated rings. The van der Waals surface area contributed by atoms with Gasteiger partial charge < -0.3 is 10.1 Å². The molecule has 0 saturated heterocycles. The molecule has 6 heteroatoms. The van der Waals surface area contributed by atoms with Crippen LogP contribution in [0.2, 0.25) is 0 Å². The fourth-order valence-corrected chi connectivity index (χ4v) is 3.39. The number of benzene rings is 1. The number of hydrogen-bond donors (Lipinski definition) is 2. The van der Waals surface area contributed by atoms with Crippen LogP contribution in [-0.2, 0) is 12.0 Å². The number of nitrogens with zero attached hydrogens (tertiary/aromatic N) is 3. The summed E-state index contributed by atoms with van der Waals surface area (Å²) in [5.74, 6) is 0.535. The number of aromatic nitrogens is 4. The molecule has 0 radical (unpaired) electrons. The van der Waals surface area contributed by atoms with Crippen molar-refractivity contribution >= 4 is 11.0 Å². The Morgan fingerprint density at radius 3 is 2.60 bits per heavy atom. The molecule has 0 amide bonds. The quantitative estimate of drug-likeness (QED) is 0.766. The molecular formula is C19H22N4O2. The first-order valence-corrected chi connectivity index (χ1v) is 8.62. The van der Waals surface area contributed by atoms with Gasteiger partial charge in [0.25, 0.3) is 5.56 Å². The molecule has 0 aliphatic heterocycles. The van der Waals surface area contributed by atoms with E-state index in [1.807, 2.05) is 6.92 Å². The molecule has 0 unspecified atom stereocenters. The minimum atomic E-state index is -0.290. The van der Waals surface area contributed by atoms with Gasteiger partial charge in [0.1, 0.15) is 16.9 Å². The van der Waals surface area contributed by atoms with Gasteiger partial charge in [0.15, 0.2) is 5.65 Å². The molecule has 3 aromatic rings. The topological polar surface area (TPSA) is 83.8 Å². The predicted octanol–water partition coefficient (Wildman–Crippen LogP) is 2.58. The number of aromatic amines is 1. The van der Waals surface area contributed by atoms with Gasteiger partial charge in [-0.15, -0.1) is 0 Å². The zero-order valence-electron chi connectivity index (χ0n) is 14.7. The summed E-state index contributed by atoms with van der Waals surface area (Å²) in [5.41, 5.74) is 3.42. The second kappa shape index (κ2) is 5.52. The average Bonchev–Trinajstić information content (AvgIpc) is 3.24. The van der Waals surface area contributed by atoms with E-state index in [4.69, 9.17) is 0 Å². The number of aryl methyl sites for hydroxylation is 1. The number of nitrogens with one attached hydrogen (secondary N) is 1. The van der Waals surface area contributed by atoms with Crippen LogP contribution >= 0.6 is 0 Å². The standard InChI is InChI=1S/C19H22N4O2/c1-11(13-4-6-14(7-5-13)19(3)8-9-19)23-17-16(15(10-24)22-23)18(25)21-12(2)20-17/h4-7,11,24H,8-10H2,1-3H3,(H,20,21,25)/t11-/m0/s1. The highest BCUT2D eigenvalue weighted by molar-refractivity contribution is 5.77. The second-order valence-electron chi connectivity index (χ2n) is 7.26. The Labute approximate surface area is 145 Å². The van der Waals surface area contributed by atoms with Gasteiger partial charge in [-0.2, -0.15) is 5.10 Å². The second-order valence-corrected chi connectivity index (χ2v) is 7.26. The molecule has 0 bridgehead atoms. The number of H-pyrrole nitrogens is 1. The largest absolute Gasteiger partial charge is 0.390 e. The smallest absolute Gasteiger partial charge is 0.262 e. The molecule has 6 nitrogen and oxygen atoms in total. The third-order valence-electron chi connectivity index (χ3n) is 5.36. The van der Waals surface area contributed by atoms with Crippen molar-refractivity contribution in [2.24, 2.45) is 0 Å². The van der Waals surface area contributed by atoms with E-state index in [9.17, 15) is 9.90 Å². The van der Waals surface area contributed by atoms with Gasteiger partial charge in [-0.05, 0) is 43.2 Å². The summed E-state index contributed by atoms with van der Waals surface area (Å²) in [6.07, 6.45) is 2.50. The minimum absolute atomic E-state index is 0.0856. The average molecular weight is 338 g/mol. The number of fused-ring (bicyclic) bond motifs is 1. The number of aliphatic hydroxyl groups excluding tert-OH is 1. The van der Waals surface area contributed by atoms with Gasteiger partial charge in [-0.25, -0.2) is 9.67 Å². The molecule has 2 N–H and O–H groups in total. The summed E-state index contributed by atoms with van der Waals surface area (Å²) < 4.78 is 1.73. The van der Waals surface area contributed by atoms with Crippen molar-refractivity contribution in [3.05, 3.63) is 57.3 Å². The van der Waals surface area contributed by atoms with E-state index in [1.54, 1.807) is 11.6 Å². The highest BCUT2D eigenvalue weighted by Gasteiger charge is 2.38. The Morgan fingerprint density at radius 2 is 2.00 bits per heavy atom. The molecule has 1 aromatic carbocycles. The van der Waals surface area contributed by atoms with Crippen LogP contribution in [0, 0.1) is 6.92 Å². The van der Waals surface area contributed by atoms with Crippen LogP contribution in [-0.4, -0.2) is 24.9 Å². The Morgan fingerprint density at radius 1 is 1.32 bits per heavy atom. The Kier molecular flexibility index (Phi) is 3.54. The van der Waals surface area contributed by atoms with Gasteiger partial charge in [0.05, 0.1) is 12.6 Å². The fourth-order valence-electron chi connectivity index (χ4n) is 3.39. The maximum atomic E-state index is 12.3. The van der Waals surface area contributed by atoms with Crippen LogP contribution in [0.5, 0.6) is 0 Å². The van der Waals surface area contributed by atoms with Crippen molar-refractivity contribution in [2.75, 3.05) is 0 Å². The van der Waals surface area contributed by atoms with Crippen LogP contribution < -0.4 is 5.56 Å². The summed E-state index contributed by atoms with van der Waals surface area (Å²) >= 11 is 0. The van der Waals surface area contributed by atoms with Crippen LogP contribution in [0.15, 0.2) is 29.1 Å². The van der Waals surface area contributed by atoms with Gasteiger partial charge in [-0.3, -0.25) is 4.79 Å². The molecule has 1 atom stereocenters. The van der Waals surface area contributed by atoms with Crippen molar-refractivity contribution < 1.29 is 5.11 Å². The lowest BCUT2D eigenvalue weighted by molar-refractivity contribution is 0.276. The summed E-state index contributed by atoms with van der Waals surface area (Å²) in [4.78, 5) is 19.4. The molecule has 0 spiro atoms. The third-order valence-corrected chi connectivity index (χ3v) is 5.36. The van der Waals surface area contributed by atoms with Crippen molar-refractivity contribution in [3.8, 4) is 0 Å². The lowest BCUT2D eigenvalue weighted by Gasteiger charge is -2.15. The van der Waals surface area contributed by atoms with E-state index in [2.05, 4.69) is 46.3 Å². The molecule has 2 heterocycles. The van der Waals surface area contributed by atoms with Gasteiger partial charge in [0.2, 0.25) is 0 Å². The van der Waals surface area contributed by atoms with E-state index >= 15 is 0 Å². The monoisotopic (exact) mass is 338 g/mol. The van der Waals surface area contributed by atoms with Crippen molar-refractivity contribution in [3.63, 3.8) is 0 Å². The van der Waals surface area contributed by atoms with Gasteiger partial charge in [-0.1, -0.05) is 31.2 Å². The Bertz CT molecular complexity index is 997. The van der Waals surface area contributed by atoms with Gasteiger partial charge >= 0.3 is 0 Å². The zero-order valence-corrected chi connectivity index (χ0v) is 14.7. The lowest BCUT2D eigenvalue weighted by atomic mass is 9.96. The van der Waals surface area contributed by atoms with Crippen LogP contribution in [0.1, 0.15) is 55.4 Å². The molecule has 130 valence electrons. The predicted molar refractivity (Wildman–Crippen MR) is 95.6 cm³/mol. The molecular weight excluding hydrogens is 316 g/mol. The maximum absolute atomic E-state index is 12.3. The summed E-state index contributed by atoms with van der Waals surface area (Å²) in [5, 5.41) is 14.4. The molecule has 1 saturated carbocycles. The third kappa shape index (κ3) is 2.57. The highest BCUT2D eigenvalue weighted by Crippen LogP contribution is 2.47. The lowest BCUT2D eigenvalue weighted by Crippen LogP contribution is -2.13. The molecule has 1 aliphatic rings. The minimum Gasteiger partial charge on any atom is -0.390 e. The fraction of sp³-hybridized carbons (Fsp3) is 0.421. The summed E-state index contributed by atoms with van der Waals surface area (Å²) in [7, 11) is 0. The van der Waals surface area contributed by atoms with E-state index in [0.29, 0.717) is 28.0 Å². The molecule has 25 heavy (non-hydrogen) atoms. The first-order chi connectivity index (χ1) is 11.9. The Balaban J connectivity index is 1.79. The molecule has 1 aliphatic carbocycles. The summed E-state index contributed by atoms with van der Waals surface area (Å²) in [6, 6.07) is 8.52. The van der Waals surface area contributed by atoms with Gasteiger partial charge in [0, 0.05) is 0 Å². The zero-order chi connectivity index (χ0) is 17.8. The summed E-state index contributed by atoms with van der Waals surface area (Å²) in [6.45, 7) is 5.77.